The molecule has 0 bridgehead atoms. The number of anilines is 1. The van der Waals surface area contributed by atoms with Gasteiger partial charge in [-0.1, -0.05) is 41.7 Å². The first-order valence-corrected chi connectivity index (χ1v) is 11.6. The highest BCUT2D eigenvalue weighted by atomic mass is 32.1. The van der Waals surface area contributed by atoms with Gasteiger partial charge in [0.05, 0.1) is 12.1 Å². The molecule has 2 heterocycles. The van der Waals surface area contributed by atoms with E-state index in [-0.39, 0.29) is 11.1 Å². The Morgan fingerprint density at radius 3 is 2.53 bits per heavy atom. The van der Waals surface area contributed by atoms with Gasteiger partial charge in [0, 0.05) is 16.7 Å². The topological polar surface area (TPSA) is 118 Å². The second kappa shape index (κ2) is 8.49. The lowest BCUT2D eigenvalue weighted by molar-refractivity contribution is -0.138. The summed E-state index contributed by atoms with van der Waals surface area (Å²) in [7, 11) is 0. The highest BCUT2D eigenvalue weighted by Gasteiger charge is 2.47. The van der Waals surface area contributed by atoms with Crippen LogP contribution in [0.3, 0.4) is 0 Å². The molecule has 4 aromatic rings. The standard InChI is InChI=1S/C25H21FN4O3S/c26-17-12-15(28-19(22(27)33)13-21(31)32)6-7-16(17)23-29-18-8-9-20(30-24(18)34-23)25(10-11-25)14-4-2-1-3-5-14/h1-9,12,19,28H,10-11,13H2,(H2,27,33)(H,31,32)/t19-/m1/s1. The van der Waals surface area contributed by atoms with E-state index in [1.165, 1.54) is 23.0 Å². The van der Waals surface area contributed by atoms with E-state index in [2.05, 4.69) is 22.4 Å². The summed E-state index contributed by atoms with van der Waals surface area (Å²) < 4.78 is 15.0. The summed E-state index contributed by atoms with van der Waals surface area (Å²) in [6.07, 6.45) is 1.58. The Labute approximate surface area is 198 Å². The summed E-state index contributed by atoms with van der Waals surface area (Å²) >= 11 is 1.32. The molecule has 2 aromatic heterocycles. The van der Waals surface area contributed by atoms with Crippen LogP contribution in [0.25, 0.3) is 20.9 Å². The number of thiazole rings is 1. The number of fused-ring (bicyclic) bond motifs is 1. The Bertz CT molecular complexity index is 1400. The van der Waals surface area contributed by atoms with E-state index in [9.17, 15) is 14.0 Å². The Hall–Kier alpha value is -3.85. The summed E-state index contributed by atoms with van der Waals surface area (Å²) in [6, 6.07) is 17.4. The number of nitrogens with one attached hydrogen (secondary N) is 1. The number of nitrogens with two attached hydrogens (primary N) is 1. The number of carbonyl (C=O) groups excluding carboxylic acids is 1. The van der Waals surface area contributed by atoms with Crippen LogP contribution in [0.2, 0.25) is 0 Å². The maximum absolute atomic E-state index is 15.0. The Morgan fingerprint density at radius 2 is 1.88 bits per heavy atom. The fourth-order valence-corrected chi connectivity index (χ4v) is 5.12. The predicted octanol–water partition coefficient (Wildman–Crippen LogP) is 4.32. The van der Waals surface area contributed by atoms with Gasteiger partial charge in [-0.05, 0) is 48.7 Å². The molecule has 0 saturated heterocycles. The first-order chi connectivity index (χ1) is 16.4. The van der Waals surface area contributed by atoms with Crippen molar-refractivity contribution in [1.82, 2.24) is 9.97 Å². The number of carbonyl (C=O) groups is 2. The molecule has 0 spiro atoms. The number of benzene rings is 2. The summed E-state index contributed by atoms with van der Waals surface area (Å²) in [6.45, 7) is 0. The molecular formula is C25H21FN4O3S. The maximum atomic E-state index is 15.0. The van der Waals surface area contributed by atoms with Crippen molar-refractivity contribution in [3.05, 3.63) is 77.7 Å². The van der Waals surface area contributed by atoms with Crippen LogP contribution in [-0.4, -0.2) is 33.0 Å². The van der Waals surface area contributed by atoms with Gasteiger partial charge in [0.1, 0.15) is 27.2 Å². The third kappa shape index (κ3) is 4.10. The smallest absolute Gasteiger partial charge is 0.305 e. The van der Waals surface area contributed by atoms with E-state index in [4.69, 9.17) is 15.8 Å². The normalized spacial score (nSPS) is 15.1. The second-order valence-electron chi connectivity index (χ2n) is 8.38. The number of hydrogen-bond donors (Lipinski definition) is 3. The van der Waals surface area contributed by atoms with Gasteiger partial charge in [-0.15, -0.1) is 0 Å². The van der Waals surface area contributed by atoms with Crippen molar-refractivity contribution >= 4 is 39.2 Å². The number of carboxylic acids is 1. The third-order valence-electron chi connectivity index (χ3n) is 6.08. The summed E-state index contributed by atoms with van der Waals surface area (Å²) in [5.41, 5.74) is 8.68. The number of amides is 1. The van der Waals surface area contributed by atoms with Crippen molar-refractivity contribution < 1.29 is 19.1 Å². The quantitative estimate of drug-likeness (QED) is 0.349. The number of pyridine rings is 1. The van der Waals surface area contributed by atoms with Gasteiger partial charge < -0.3 is 16.2 Å². The van der Waals surface area contributed by atoms with Crippen LogP contribution in [0.4, 0.5) is 10.1 Å². The number of carboxylic acid groups (broad SMARTS) is 1. The van der Waals surface area contributed by atoms with Crippen molar-refractivity contribution in [2.24, 2.45) is 5.73 Å². The van der Waals surface area contributed by atoms with Gasteiger partial charge in [-0.25, -0.2) is 14.4 Å². The van der Waals surface area contributed by atoms with E-state index < -0.39 is 30.2 Å². The van der Waals surface area contributed by atoms with Gasteiger partial charge in [-0.3, -0.25) is 9.59 Å². The second-order valence-corrected chi connectivity index (χ2v) is 9.36. The molecule has 1 amide bonds. The first kappa shape index (κ1) is 22.0. The molecule has 1 aliphatic rings. The van der Waals surface area contributed by atoms with Crippen LogP contribution in [0.5, 0.6) is 0 Å². The zero-order valence-corrected chi connectivity index (χ0v) is 18.8. The van der Waals surface area contributed by atoms with Gasteiger partial charge >= 0.3 is 5.97 Å². The molecule has 1 aliphatic carbocycles. The molecule has 1 saturated carbocycles. The summed E-state index contributed by atoms with van der Waals surface area (Å²) in [4.78, 5) is 32.6. The summed E-state index contributed by atoms with van der Waals surface area (Å²) in [5, 5.41) is 12.1. The minimum absolute atomic E-state index is 0.0644. The lowest BCUT2D eigenvalue weighted by Gasteiger charge is -2.15. The predicted molar refractivity (Wildman–Crippen MR) is 128 cm³/mol. The molecule has 1 atom stereocenters. The minimum atomic E-state index is -1.19. The average molecular weight is 477 g/mol. The van der Waals surface area contributed by atoms with Crippen LogP contribution in [0.15, 0.2) is 60.7 Å². The fraction of sp³-hybridized carbons (Fsp3) is 0.200. The molecule has 1 fully saturated rings. The number of hydrogen-bond acceptors (Lipinski definition) is 6. The van der Waals surface area contributed by atoms with Gasteiger partial charge in [-0.2, -0.15) is 0 Å². The van der Waals surface area contributed by atoms with Crippen LogP contribution in [-0.2, 0) is 15.0 Å². The average Bonchev–Trinajstić information content (AvgIpc) is 3.52. The molecule has 34 heavy (non-hydrogen) atoms. The van der Waals surface area contributed by atoms with Crippen molar-refractivity contribution in [2.75, 3.05) is 5.32 Å². The van der Waals surface area contributed by atoms with Crippen LogP contribution < -0.4 is 11.1 Å². The van der Waals surface area contributed by atoms with Gasteiger partial charge in [0.15, 0.2) is 0 Å². The Balaban J connectivity index is 1.42. The fourth-order valence-electron chi connectivity index (χ4n) is 4.15. The monoisotopic (exact) mass is 476 g/mol. The molecule has 0 aliphatic heterocycles. The molecule has 7 nitrogen and oxygen atoms in total. The van der Waals surface area contributed by atoms with Crippen molar-refractivity contribution in [1.29, 1.82) is 0 Å². The van der Waals surface area contributed by atoms with Crippen molar-refractivity contribution in [3.8, 4) is 10.6 Å². The van der Waals surface area contributed by atoms with Gasteiger partial charge in [0.2, 0.25) is 5.91 Å². The highest BCUT2D eigenvalue weighted by Crippen LogP contribution is 2.53. The van der Waals surface area contributed by atoms with E-state index >= 15 is 0 Å². The van der Waals surface area contributed by atoms with E-state index in [0.29, 0.717) is 16.1 Å². The lowest BCUT2D eigenvalue weighted by atomic mass is 9.92. The number of aromatic nitrogens is 2. The number of nitrogens with zero attached hydrogens (tertiary/aromatic N) is 2. The third-order valence-corrected chi connectivity index (χ3v) is 7.08. The van der Waals surface area contributed by atoms with Crippen LogP contribution >= 0.6 is 11.3 Å². The lowest BCUT2D eigenvalue weighted by Crippen LogP contribution is -2.37. The van der Waals surface area contributed by atoms with Crippen molar-refractivity contribution in [3.63, 3.8) is 0 Å². The molecule has 2 aromatic carbocycles. The Kier molecular flexibility index (Phi) is 5.49. The van der Waals surface area contributed by atoms with E-state index in [1.807, 2.05) is 30.3 Å². The number of aliphatic carboxylic acids is 1. The Morgan fingerprint density at radius 1 is 1.12 bits per heavy atom. The van der Waals surface area contributed by atoms with Crippen LogP contribution in [0, 0.1) is 5.82 Å². The number of primary amides is 1. The number of halogens is 1. The van der Waals surface area contributed by atoms with Crippen LogP contribution in [0.1, 0.15) is 30.5 Å². The van der Waals surface area contributed by atoms with E-state index in [1.54, 1.807) is 12.1 Å². The summed E-state index contributed by atoms with van der Waals surface area (Å²) in [5.74, 6) is -2.57. The molecule has 0 unspecified atom stereocenters. The van der Waals surface area contributed by atoms with Gasteiger partial charge in [0.25, 0.3) is 0 Å². The molecule has 4 N–H and O–H groups in total. The largest absolute Gasteiger partial charge is 0.481 e. The first-order valence-electron chi connectivity index (χ1n) is 10.8. The number of rotatable bonds is 8. The molecule has 5 rings (SSSR count). The highest BCUT2D eigenvalue weighted by molar-refractivity contribution is 7.21. The zero-order chi connectivity index (χ0) is 23.9. The SMILES string of the molecule is NC(=O)[C@@H](CC(=O)O)Nc1ccc(-c2nc3ccc(C4(c5ccccc5)CC4)nc3s2)c(F)c1. The zero-order valence-electron chi connectivity index (χ0n) is 18.0. The maximum Gasteiger partial charge on any atom is 0.305 e. The van der Waals surface area contributed by atoms with Crippen molar-refractivity contribution in [2.45, 2.75) is 30.7 Å². The molecule has 0 radical (unpaired) electrons. The minimum Gasteiger partial charge on any atom is -0.481 e. The molecule has 9 heteroatoms. The van der Waals surface area contributed by atoms with E-state index in [0.717, 1.165) is 23.4 Å². The molecular weight excluding hydrogens is 455 g/mol. The molecule has 172 valence electrons.